The summed E-state index contributed by atoms with van der Waals surface area (Å²) in [6.07, 6.45) is -1.51. The molecule has 0 bridgehead atoms. The van der Waals surface area contributed by atoms with Gasteiger partial charge in [-0.25, -0.2) is 0 Å². The maximum atomic E-state index is 2.44. The van der Waals surface area contributed by atoms with Crippen LogP contribution in [0.4, 0.5) is 0 Å². The maximum Gasteiger partial charge on any atom is 0.292 e. The van der Waals surface area contributed by atoms with E-state index in [1.54, 1.807) is 0 Å². The Hall–Kier alpha value is -5.70. The van der Waals surface area contributed by atoms with Crippen LogP contribution in [0.2, 0.25) is 0 Å². The molecule has 49 heavy (non-hydrogen) atoms. The first-order valence-corrected chi connectivity index (χ1v) is 17.3. The van der Waals surface area contributed by atoms with Gasteiger partial charge in [0.2, 0.25) is 0 Å². The van der Waals surface area contributed by atoms with Crippen molar-refractivity contribution < 1.29 is 4.39 Å². The highest BCUT2D eigenvalue weighted by molar-refractivity contribution is 7.11. The Bertz CT molecular complexity index is 2120. The lowest BCUT2D eigenvalue weighted by atomic mass is 9.21. The average molecular weight is 630 g/mol. The van der Waals surface area contributed by atoms with Crippen LogP contribution >= 0.6 is 0 Å². The number of hydrogen-bond donors (Lipinski definition) is 0. The Morgan fingerprint density at radius 1 is 0.327 bits per heavy atom. The van der Waals surface area contributed by atoms with E-state index in [1.165, 1.54) is 66.5 Å². The zero-order chi connectivity index (χ0) is 33.3. The molecule has 0 radical (unpaired) electrons. The molecule has 236 valence electrons. The molecule has 0 fully saturated rings. The fourth-order valence-corrected chi connectivity index (χ4v) is 8.51. The second-order valence-electron chi connectivity index (χ2n) is 13.9. The van der Waals surface area contributed by atoms with Gasteiger partial charge in [-0.15, -0.1) is 16.4 Å². The first-order chi connectivity index (χ1) is 24.0. The first-order valence-electron chi connectivity index (χ1n) is 17.3. The predicted molar refractivity (Wildman–Crippen MR) is 211 cm³/mol. The molecule has 0 amide bonds. The summed E-state index contributed by atoms with van der Waals surface area (Å²) in [5.74, 6) is 0. The minimum atomic E-state index is -1.51. The highest BCUT2D eigenvalue weighted by Gasteiger charge is 2.53. The summed E-state index contributed by atoms with van der Waals surface area (Å²) in [5, 5.41) is 0. The SMILES string of the molecule is C[N+]1(C)CC(c2ccccc2)=C(c2ccc(-c3ccccc3)cc2)[B-]1(c1ccc(-c2ccccc2)cc1)c1ccc(-c2ccccc2)cc1. The van der Waals surface area contributed by atoms with Crippen molar-refractivity contribution in [1.82, 2.24) is 0 Å². The van der Waals surface area contributed by atoms with E-state index in [2.05, 4.69) is 208 Å². The van der Waals surface area contributed by atoms with Crippen molar-refractivity contribution in [2.45, 2.75) is 0 Å². The van der Waals surface area contributed by atoms with Crippen LogP contribution < -0.4 is 10.9 Å². The van der Waals surface area contributed by atoms with E-state index in [-0.39, 0.29) is 0 Å². The lowest BCUT2D eigenvalue weighted by Gasteiger charge is -2.54. The monoisotopic (exact) mass is 629 g/mol. The number of nitrogens with zero attached hydrogens (tertiary/aromatic N) is 1. The molecule has 1 aliphatic rings. The van der Waals surface area contributed by atoms with Crippen molar-refractivity contribution in [3.05, 3.63) is 205 Å². The predicted octanol–water partition coefficient (Wildman–Crippen LogP) is 9.99. The molecule has 7 aromatic rings. The van der Waals surface area contributed by atoms with Crippen LogP contribution in [-0.2, 0) is 0 Å². The van der Waals surface area contributed by atoms with Crippen molar-refractivity contribution in [2.24, 2.45) is 0 Å². The van der Waals surface area contributed by atoms with Crippen LogP contribution in [-0.4, -0.2) is 31.3 Å². The quantitative estimate of drug-likeness (QED) is 0.154. The molecule has 0 saturated heterocycles. The molecule has 0 unspecified atom stereocenters. The van der Waals surface area contributed by atoms with Gasteiger partial charge in [-0.05, 0) is 44.5 Å². The van der Waals surface area contributed by atoms with Crippen LogP contribution in [0.3, 0.4) is 0 Å². The van der Waals surface area contributed by atoms with Crippen molar-refractivity contribution in [2.75, 3.05) is 20.6 Å². The minimum Gasteiger partial charge on any atom is -0.505 e. The van der Waals surface area contributed by atoms with Crippen molar-refractivity contribution >= 4 is 28.3 Å². The van der Waals surface area contributed by atoms with Gasteiger partial charge >= 0.3 is 0 Å². The zero-order valence-corrected chi connectivity index (χ0v) is 28.2. The van der Waals surface area contributed by atoms with Crippen LogP contribution in [0.25, 0.3) is 44.4 Å². The van der Waals surface area contributed by atoms with E-state index in [0.29, 0.717) is 0 Å². The maximum absolute atomic E-state index is 2.44. The molecule has 1 aliphatic heterocycles. The summed E-state index contributed by atoms with van der Waals surface area (Å²) in [7, 11) is 4.87. The lowest BCUT2D eigenvalue weighted by molar-refractivity contribution is -0.774. The topological polar surface area (TPSA) is 0 Å². The molecular formula is C47H40BN. The van der Waals surface area contributed by atoms with Crippen LogP contribution in [0.15, 0.2) is 194 Å². The number of likely N-dealkylation sites (N-methyl/N-ethyl adjacent to an activating group) is 1. The van der Waals surface area contributed by atoms with Crippen molar-refractivity contribution in [3.63, 3.8) is 0 Å². The summed E-state index contributed by atoms with van der Waals surface area (Å²) >= 11 is 0. The average Bonchev–Trinajstić information content (AvgIpc) is 3.44. The molecule has 0 aliphatic carbocycles. The molecule has 0 aromatic heterocycles. The van der Waals surface area contributed by atoms with Gasteiger partial charge in [0.1, 0.15) is 0 Å². The largest absolute Gasteiger partial charge is 0.505 e. The van der Waals surface area contributed by atoms with E-state index >= 15 is 0 Å². The Morgan fingerprint density at radius 3 is 0.980 bits per heavy atom. The Labute approximate surface area is 291 Å². The highest BCUT2D eigenvalue weighted by atomic mass is 15.3. The molecule has 7 aromatic carbocycles. The molecule has 8 rings (SSSR count). The van der Waals surface area contributed by atoms with E-state index in [4.69, 9.17) is 0 Å². The molecule has 1 nitrogen and oxygen atoms in total. The van der Waals surface area contributed by atoms with Crippen molar-refractivity contribution in [3.8, 4) is 33.4 Å². The van der Waals surface area contributed by atoms with Gasteiger partial charge in [0, 0.05) is 14.1 Å². The minimum absolute atomic E-state index is 0.815. The number of rotatable bonds is 7. The van der Waals surface area contributed by atoms with E-state index < -0.39 is 6.28 Å². The van der Waals surface area contributed by atoms with Crippen molar-refractivity contribution in [1.29, 1.82) is 0 Å². The Kier molecular flexibility index (Phi) is 7.96. The van der Waals surface area contributed by atoms with Crippen LogP contribution in [0, 0.1) is 0 Å². The number of quaternary nitrogens is 1. The van der Waals surface area contributed by atoms with Gasteiger partial charge in [0.15, 0.2) is 0 Å². The number of hydrogen-bond acceptors (Lipinski definition) is 0. The smallest absolute Gasteiger partial charge is 0.292 e. The summed E-state index contributed by atoms with van der Waals surface area (Å²) in [6, 6.07) is 71.4. The summed E-state index contributed by atoms with van der Waals surface area (Å²) in [6.45, 7) is 0.917. The fourth-order valence-electron chi connectivity index (χ4n) is 8.51. The fraction of sp³-hybridized carbons (Fsp3) is 0.0638. The zero-order valence-electron chi connectivity index (χ0n) is 28.2. The Morgan fingerprint density at radius 2 is 0.612 bits per heavy atom. The first kappa shape index (κ1) is 30.6. The van der Waals surface area contributed by atoms with Gasteiger partial charge in [-0.3, -0.25) is 0 Å². The molecule has 0 atom stereocenters. The summed E-state index contributed by atoms with van der Waals surface area (Å²) in [4.78, 5) is 0. The molecule has 0 spiro atoms. The third-order valence-corrected chi connectivity index (χ3v) is 10.8. The second-order valence-corrected chi connectivity index (χ2v) is 13.9. The molecule has 0 saturated carbocycles. The van der Waals surface area contributed by atoms with Gasteiger partial charge in [-0.2, -0.15) is 0 Å². The summed E-state index contributed by atoms with van der Waals surface area (Å²) in [5.41, 5.74) is 15.5. The molecular weight excluding hydrogens is 589 g/mol. The lowest BCUT2D eigenvalue weighted by Crippen LogP contribution is -2.75. The van der Waals surface area contributed by atoms with Gasteiger partial charge in [0.05, 0.1) is 6.54 Å². The standard InChI is InChI=1S/C47H40BN/c1-49(2)35-46(42-21-13-6-14-22-42)47(43-25-23-39(24-26-43)36-15-7-3-8-16-36)48(49,44-31-27-40(28-32-44)37-17-9-4-10-18-37)45-33-29-41(30-34-45)38-19-11-5-12-20-38/h3-34H,35H2,1-2H3. The Balaban J connectivity index is 1.39. The van der Waals surface area contributed by atoms with Gasteiger partial charge < -0.3 is 4.39 Å². The highest BCUT2D eigenvalue weighted by Crippen LogP contribution is 2.45. The van der Waals surface area contributed by atoms with E-state index in [0.717, 1.165) is 10.9 Å². The normalized spacial score (nSPS) is 14.9. The third kappa shape index (κ3) is 5.45. The van der Waals surface area contributed by atoms with E-state index in [9.17, 15) is 0 Å². The van der Waals surface area contributed by atoms with Crippen LogP contribution in [0.5, 0.6) is 0 Å². The molecule has 0 N–H and O–H groups in total. The van der Waals surface area contributed by atoms with E-state index in [1.807, 2.05) is 0 Å². The second kappa shape index (κ2) is 12.7. The summed E-state index contributed by atoms with van der Waals surface area (Å²) < 4.78 is 0.815. The molecule has 2 heteroatoms. The van der Waals surface area contributed by atoms with Gasteiger partial charge in [-0.1, -0.05) is 200 Å². The number of benzene rings is 7. The van der Waals surface area contributed by atoms with Gasteiger partial charge in [0.25, 0.3) is 6.28 Å². The third-order valence-electron chi connectivity index (χ3n) is 10.8. The molecule has 1 heterocycles. The van der Waals surface area contributed by atoms with Crippen LogP contribution in [0.1, 0.15) is 11.1 Å².